The number of sulfonamides is 1. The molecule has 1 N–H and O–H groups in total. The first-order valence-electron chi connectivity index (χ1n) is 9.78. The SMILES string of the molecule is COc1cc(C)c(C)cc1S(=O)(=O)N1CCC(C(=O)NC2CCCC2)CC1. The Bertz CT molecular complexity index is 792. The summed E-state index contributed by atoms with van der Waals surface area (Å²) in [7, 11) is -2.15. The maximum absolute atomic E-state index is 13.1. The number of aryl methyl sites for hydroxylation is 2. The lowest BCUT2D eigenvalue weighted by Crippen LogP contribution is -2.44. The molecule has 2 aliphatic rings. The van der Waals surface area contributed by atoms with Gasteiger partial charge in [-0.1, -0.05) is 12.8 Å². The third-order valence-electron chi connectivity index (χ3n) is 5.92. The fourth-order valence-electron chi connectivity index (χ4n) is 4.01. The molecule has 7 heteroatoms. The molecule has 150 valence electrons. The van der Waals surface area contributed by atoms with Gasteiger partial charge in [0.25, 0.3) is 0 Å². The molecule has 1 aromatic carbocycles. The molecular weight excluding hydrogens is 364 g/mol. The number of nitrogens with one attached hydrogen (secondary N) is 1. The fraction of sp³-hybridized carbons (Fsp3) is 0.650. The first kappa shape index (κ1) is 20.1. The topological polar surface area (TPSA) is 75.7 Å². The predicted molar refractivity (Wildman–Crippen MR) is 104 cm³/mol. The second kappa shape index (κ2) is 8.19. The van der Waals surface area contributed by atoms with E-state index in [0.29, 0.717) is 37.7 Å². The summed E-state index contributed by atoms with van der Waals surface area (Å²) in [5.41, 5.74) is 1.91. The van der Waals surface area contributed by atoms with Crippen LogP contribution in [0.5, 0.6) is 5.75 Å². The van der Waals surface area contributed by atoms with Crippen LogP contribution in [0.3, 0.4) is 0 Å². The zero-order valence-electron chi connectivity index (χ0n) is 16.5. The summed E-state index contributed by atoms with van der Waals surface area (Å²) < 4.78 is 33.1. The van der Waals surface area contributed by atoms with E-state index >= 15 is 0 Å². The molecule has 1 saturated heterocycles. The van der Waals surface area contributed by atoms with Gasteiger partial charge in [-0.3, -0.25) is 4.79 Å². The molecule has 2 fully saturated rings. The van der Waals surface area contributed by atoms with Crippen LogP contribution in [-0.4, -0.2) is 44.9 Å². The highest BCUT2D eigenvalue weighted by atomic mass is 32.2. The molecule has 27 heavy (non-hydrogen) atoms. The van der Waals surface area contributed by atoms with Gasteiger partial charge >= 0.3 is 0 Å². The number of benzene rings is 1. The summed E-state index contributed by atoms with van der Waals surface area (Å²) >= 11 is 0. The average Bonchev–Trinajstić information content (AvgIpc) is 3.16. The van der Waals surface area contributed by atoms with E-state index in [2.05, 4.69) is 5.32 Å². The van der Waals surface area contributed by atoms with E-state index in [9.17, 15) is 13.2 Å². The van der Waals surface area contributed by atoms with E-state index in [1.165, 1.54) is 24.3 Å². The monoisotopic (exact) mass is 394 g/mol. The highest BCUT2D eigenvalue weighted by molar-refractivity contribution is 7.89. The minimum Gasteiger partial charge on any atom is -0.495 e. The summed E-state index contributed by atoms with van der Waals surface area (Å²) in [5.74, 6) is 0.362. The Labute approximate surface area is 162 Å². The summed E-state index contributed by atoms with van der Waals surface area (Å²) in [6.07, 6.45) is 5.60. The first-order valence-corrected chi connectivity index (χ1v) is 11.2. The Hall–Kier alpha value is -1.60. The number of rotatable bonds is 5. The van der Waals surface area contributed by atoms with Gasteiger partial charge in [0.2, 0.25) is 15.9 Å². The van der Waals surface area contributed by atoms with Crippen LogP contribution in [0, 0.1) is 19.8 Å². The van der Waals surface area contributed by atoms with E-state index in [4.69, 9.17) is 4.74 Å². The lowest BCUT2D eigenvalue weighted by Gasteiger charge is -2.31. The van der Waals surface area contributed by atoms with E-state index in [1.807, 2.05) is 13.8 Å². The van der Waals surface area contributed by atoms with Gasteiger partial charge in [-0.2, -0.15) is 4.31 Å². The molecule has 3 rings (SSSR count). The van der Waals surface area contributed by atoms with Gasteiger partial charge in [0.1, 0.15) is 10.6 Å². The Balaban J connectivity index is 1.68. The van der Waals surface area contributed by atoms with Crippen molar-refractivity contribution in [1.29, 1.82) is 0 Å². The van der Waals surface area contributed by atoms with Gasteiger partial charge in [0.15, 0.2) is 0 Å². The smallest absolute Gasteiger partial charge is 0.246 e. The first-order chi connectivity index (χ1) is 12.8. The van der Waals surface area contributed by atoms with Crippen LogP contribution >= 0.6 is 0 Å². The molecule has 1 aliphatic heterocycles. The zero-order chi connectivity index (χ0) is 19.6. The highest BCUT2D eigenvalue weighted by Crippen LogP contribution is 2.32. The van der Waals surface area contributed by atoms with Gasteiger partial charge in [-0.25, -0.2) is 8.42 Å². The molecular formula is C20H30N2O4S. The lowest BCUT2D eigenvalue weighted by molar-refractivity contribution is -0.126. The summed E-state index contributed by atoms with van der Waals surface area (Å²) in [6.45, 7) is 4.55. The fourth-order valence-corrected chi connectivity index (χ4v) is 5.70. The lowest BCUT2D eigenvalue weighted by atomic mass is 9.97. The van der Waals surface area contributed by atoms with Crippen molar-refractivity contribution in [2.75, 3.05) is 20.2 Å². The third-order valence-corrected chi connectivity index (χ3v) is 7.84. The number of piperidine rings is 1. The molecule has 1 amide bonds. The third kappa shape index (κ3) is 4.29. The summed E-state index contributed by atoms with van der Waals surface area (Å²) in [4.78, 5) is 12.7. The molecule has 1 aliphatic carbocycles. The predicted octanol–water partition coefficient (Wildman–Crippen LogP) is 2.77. The van der Waals surface area contributed by atoms with Crippen LogP contribution in [0.2, 0.25) is 0 Å². The average molecular weight is 395 g/mol. The molecule has 0 radical (unpaired) electrons. The summed E-state index contributed by atoms with van der Waals surface area (Å²) in [6, 6.07) is 3.76. The number of hydrogen-bond acceptors (Lipinski definition) is 4. The van der Waals surface area contributed by atoms with E-state index in [1.54, 1.807) is 12.1 Å². The number of carbonyl (C=O) groups is 1. The van der Waals surface area contributed by atoms with Gasteiger partial charge in [-0.15, -0.1) is 0 Å². The molecule has 1 heterocycles. The molecule has 0 spiro atoms. The van der Waals surface area contributed by atoms with Crippen LogP contribution in [0.1, 0.15) is 49.7 Å². The normalized spacial score (nSPS) is 20.0. The minimum absolute atomic E-state index is 0.0858. The van der Waals surface area contributed by atoms with Crippen LogP contribution < -0.4 is 10.1 Å². The molecule has 1 aromatic rings. The van der Waals surface area contributed by atoms with Crippen LogP contribution in [0.15, 0.2) is 17.0 Å². The molecule has 0 bridgehead atoms. The second-order valence-electron chi connectivity index (χ2n) is 7.76. The van der Waals surface area contributed by atoms with Crippen LogP contribution in [0.4, 0.5) is 0 Å². The number of amides is 1. The van der Waals surface area contributed by atoms with Crippen molar-refractivity contribution < 1.29 is 17.9 Å². The van der Waals surface area contributed by atoms with Crippen molar-refractivity contribution in [2.45, 2.75) is 63.3 Å². The maximum atomic E-state index is 13.1. The van der Waals surface area contributed by atoms with Crippen molar-refractivity contribution in [1.82, 2.24) is 9.62 Å². The van der Waals surface area contributed by atoms with Gasteiger partial charge < -0.3 is 10.1 Å². The Kier molecular flexibility index (Phi) is 6.11. The van der Waals surface area contributed by atoms with Gasteiger partial charge in [0.05, 0.1) is 7.11 Å². The van der Waals surface area contributed by atoms with E-state index in [0.717, 1.165) is 24.0 Å². The van der Waals surface area contributed by atoms with Crippen molar-refractivity contribution in [3.8, 4) is 5.75 Å². The molecule has 1 saturated carbocycles. The van der Waals surface area contributed by atoms with Crippen molar-refractivity contribution in [2.24, 2.45) is 5.92 Å². The number of nitrogens with zero attached hydrogens (tertiary/aromatic N) is 1. The van der Waals surface area contributed by atoms with E-state index in [-0.39, 0.29) is 16.7 Å². The quantitative estimate of drug-likeness (QED) is 0.833. The maximum Gasteiger partial charge on any atom is 0.246 e. The number of carbonyl (C=O) groups excluding carboxylic acids is 1. The van der Waals surface area contributed by atoms with Crippen molar-refractivity contribution in [3.05, 3.63) is 23.3 Å². The second-order valence-corrected chi connectivity index (χ2v) is 9.66. The van der Waals surface area contributed by atoms with Gasteiger partial charge in [0, 0.05) is 25.0 Å². The molecule has 0 unspecified atom stereocenters. The van der Waals surface area contributed by atoms with Crippen molar-refractivity contribution in [3.63, 3.8) is 0 Å². The largest absolute Gasteiger partial charge is 0.495 e. The molecule has 0 atom stereocenters. The molecule has 0 aromatic heterocycles. The Morgan fingerprint density at radius 1 is 1.07 bits per heavy atom. The number of methoxy groups -OCH3 is 1. The molecule has 6 nitrogen and oxygen atoms in total. The standard InChI is InChI=1S/C20H30N2O4S/c1-14-12-18(26-3)19(13-15(14)2)27(24,25)22-10-8-16(9-11-22)20(23)21-17-6-4-5-7-17/h12-13,16-17H,4-11H2,1-3H3,(H,21,23). The highest BCUT2D eigenvalue weighted by Gasteiger charge is 2.34. The number of ether oxygens (including phenoxy) is 1. The van der Waals surface area contributed by atoms with Crippen molar-refractivity contribution >= 4 is 15.9 Å². The number of hydrogen-bond donors (Lipinski definition) is 1. The minimum atomic E-state index is -3.64. The Morgan fingerprint density at radius 2 is 1.67 bits per heavy atom. The van der Waals surface area contributed by atoms with Crippen LogP contribution in [-0.2, 0) is 14.8 Å². The zero-order valence-corrected chi connectivity index (χ0v) is 17.3. The van der Waals surface area contributed by atoms with E-state index < -0.39 is 10.0 Å². The van der Waals surface area contributed by atoms with Crippen LogP contribution in [0.25, 0.3) is 0 Å². The summed E-state index contributed by atoms with van der Waals surface area (Å²) in [5, 5.41) is 3.14. The van der Waals surface area contributed by atoms with Gasteiger partial charge in [-0.05, 0) is 62.8 Å². The Morgan fingerprint density at radius 3 is 2.26 bits per heavy atom.